The zero-order valence-electron chi connectivity index (χ0n) is 14.3. The summed E-state index contributed by atoms with van der Waals surface area (Å²) in [5.74, 6) is 1.69. The van der Waals surface area contributed by atoms with Crippen molar-refractivity contribution in [2.75, 3.05) is 26.4 Å². The van der Waals surface area contributed by atoms with Crippen LogP contribution < -0.4 is 14.2 Å². The molecule has 0 N–H and O–H groups in total. The lowest BCUT2D eigenvalue weighted by molar-refractivity contribution is -0.133. The summed E-state index contributed by atoms with van der Waals surface area (Å²) in [6.45, 7) is 3.90. The molecule has 3 rings (SSSR count). The normalized spacial score (nSPS) is 12.6. The number of nitrogens with zero attached hydrogens (tertiary/aromatic N) is 1. The Hall–Kier alpha value is -2.11. The summed E-state index contributed by atoms with van der Waals surface area (Å²) in [6.07, 6.45) is 0. The third-order valence-corrected chi connectivity index (χ3v) is 4.78. The van der Waals surface area contributed by atoms with E-state index in [4.69, 9.17) is 37.4 Å². The fourth-order valence-corrected chi connectivity index (χ4v) is 2.96. The molecule has 0 radical (unpaired) electrons. The molecule has 0 fully saturated rings. The molecule has 0 bridgehead atoms. The average Bonchev–Trinajstić information content (AvgIpc) is 2.67. The minimum Gasteiger partial charge on any atom is -0.486 e. The van der Waals surface area contributed by atoms with Crippen molar-refractivity contribution in [1.82, 2.24) is 4.90 Å². The van der Waals surface area contributed by atoms with Crippen LogP contribution >= 0.6 is 23.2 Å². The van der Waals surface area contributed by atoms with Gasteiger partial charge in [-0.3, -0.25) is 4.79 Å². The summed E-state index contributed by atoms with van der Waals surface area (Å²) in [5.41, 5.74) is 0.963. The fourth-order valence-electron chi connectivity index (χ4n) is 2.61. The second-order valence-electron chi connectivity index (χ2n) is 5.73. The summed E-state index contributed by atoms with van der Waals surface area (Å²) < 4.78 is 16.6. The Morgan fingerprint density at radius 1 is 1.15 bits per heavy atom. The third-order valence-electron chi connectivity index (χ3n) is 3.98. The molecule has 138 valence electrons. The first-order valence-electron chi connectivity index (χ1n) is 8.31. The summed E-state index contributed by atoms with van der Waals surface area (Å²) in [5, 5.41) is 0.692. The summed E-state index contributed by atoms with van der Waals surface area (Å²) in [7, 11) is 0. The summed E-state index contributed by atoms with van der Waals surface area (Å²) in [4.78, 5) is 14.2. The van der Waals surface area contributed by atoms with E-state index in [0.29, 0.717) is 47.8 Å². The van der Waals surface area contributed by atoms with Gasteiger partial charge in [0.1, 0.15) is 24.0 Å². The van der Waals surface area contributed by atoms with Crippen molar-refractivity contribution in [2.24, 2.45) is 0 Å². The lowest BCUT2D eigenvalue weighted by Gasteiger charge is -2.23. The van der Waals surface area contributed by atoms with E-state index >= 15 is 0 Å². The van der Waals surface area contributed by atoms with Gasteiger partial charge in [0.05, 0.1) is 5.02 Å². The van der Waals surface area contributed by atoms with Crippen molar-refractivity contribution in [3.05, 3.63) is 52.0 Å². The number of hydrogen-bond acceptors (Lipinski definition) is 4. The summed E-state index contributed by atoms with van der Waals surface area (Å²) in [6, 6.07) is 10.8. The number of likely N-dealkylation sites (N-methyl/N-ethyl adjacent to an activating group) is 1. The van der Waals surface area contributed by atoms with E-state index in [1.165, 1.54) is 0 Å². The van der Waals surface area contributed by atoms with E-state index in [9.17, 15) is 4.79 Å². The first kappa shape index (κ1) is 18.7. The molecule has 0 unspecified atom stereocenters. The number of halogens is 2. The number of carbonyl (C=O) groups is 1. The van der Waals surface area contributed by atoms with E-state index in [1.807, 2.05) is 25.1 Å². The van der Waals surface area contributed by atoms with Gasteiger partial charge in [0.15, 0.2) is 18.1 Å². The minimum absolute atomic E-state index is 0.113. The highest BCUT2D eigenvalue weighted by Crippen LogP contribution is 2.32. The van der Waals surface area contributed by atoms with Gasteiger partial charge >= 0.3 is 0 Å². The number of carbonyl (C=O) groups excluding carboxylic acids is 1. The molecule has 1 aliphatic rings. The van der Waals surface area contributed by atoms with Gasteiger partial charge in [-0.1, -0.05) is 35.3 Å². The zero-order valence-corrected chi connectivity index (χ0v) is 15.8. The topological polar surface area (TPSA) is 48.0 Å². The maximum atomic E-state index is 12.5. The van der Waals surface area contributed by atoms with Crippen LogP contribution in [-0.2, 0) is 11.3 Å². The van der Waals surface area contributed by atoms with Gasteiger partial charge in [-0.05, 0) is 36.8 Å². The second-order valence-corrected chi connectivity index (χ2v) is 6.51. The largest absolute Gasteiger partial charge is 0.486 e. The monoisotopic (exact) mass is 395 g/mol. The Kier molecular flexibility index (Phi) is 6.12. The Morgan fingerprint density at radius 3 is 2.69 bits per heavy atom. The van der Waals surface area contributed by atoms with E-state index in [2.05, 4.69) is 0 Å². The molecule has 5 nitrogen and oxygen atoms in total. The highest BCUT2D eigenvalue weighted by atomic mass is 35.5. The van der Waals surface area contributed by atoms with Gasteiger partial charge in [0.25, 0.3) is 5.91 Å². The fraction of sp³-hybridized carbons (Fsp3) is 0.316. The Balaban J connectivity index is 1.63. The van der Waals surface area contributed by atoms with E-state index < -0.39 is 0 Å². The summed E-state index contributed by atoms with van der Waals surface area (Å²) >= 11 is 12.0. The molecule has 0 saturated heterocycles. The molecule has 1 aliphatic heterocycles. The van der Waals surface area contributed by atoms with Crippen LogP contribution in [0, 0.1) is 0 Å². The molecule has 2 aromatic rings. The van der Waals surface area contributed by atoms with Crippen LogP contribution in [0.2, 0.25) is 10.0 Å². The number of ether oxygens (including phenoxy) is 3. The molecule has 0 spiro atoms. The molecule has 0 aliphatic carbocycles. The number of benzene rings is 2. The lowest BCUT2D eigenvalue weighted by Crippen LogP contribution is -2.34. The molecule has 2 aromatic carbocycles. The predicted octanol–water partition coefficient (Wildman–Crippen LogP) is 4.19. The molecular weight excluding hydrogens is 377 g/mol. The smallest absolute Gasteiger partial charge is 0.260 e. The maximum Gasteiger partial charge on any atom is 0.260 e. The van der Waals surface area contributed by atoms with Crippen LogP contribution in [0.3, 0.4) is 0 Å². The SMILES string of the molecule is CCN(Cc1ccc2c(c1)OCCO2)C(=O)COc1cccc(Cl)c1Cl. The minimum atomic E-state index is -0.140. The lowest BCUT2D eigenvalue weighted by atomic mass is 10.1. The quantitative estimate of drug-likeness (QED) is 0.735. The van der Waals surface area contributed by atoms with Crippen LogP contribution in [0.5, 0.6) is 17.2 Å². The van der Waals surface area contributed by atoms with Gasteiger partial charge in [-0.15, -0.1) is 0 Å². The van der Waals surface area contributed by atoms with Crippen LogP contribution in [0.1, 0.15) is 12.5 Å². The zero-order chi connectivity index (χ0) is 18.5. The molecule has 0 atom stereocenters. The van der Waals surface area contributed by atoms with E-state index in [0.717, 1.165) is 11.3 Å². The Morgan fingerprint density at radius 2 is 1.92 bits per heavy atom. The van der Waals surface area contributed by atoms with Crippen LogP contribution in [0.25, 0.3) is 0 Å². The highest BCUT2D eigenvalue weighted by Gasteiger charge is 2.17. The first-order chi connectivity index (χ1) is 12.6. The van der Waals surface area contributed by atoms with Gasteiger partial charge in [0.2, 0.25) is 0 Å². The molecular formula is C19H19Cl2NO4. The van der Waals surface area contributed by atoms with Crippen LogP contribution in [0.4, 0.5) is 0 Å². The van der Waals surface area contributed by atoms with Crippen molar-refractivity contribution in [3.63, 3.8) is 0 Å². The number of amides is 1. The van der Waals surface area contributed by atoms with Gasteiger partial charge in [-0.25, -0.2) is 0 Å². The van der Waals surface area contributed by atoms with Gasteiger partial charge in [-0.2, -0.15) is 0 Å². The third kappa shape index (κ3) is 4.34. The standard InChI is InChI=1S/C19H19Cl2NO4/c1-2-22(11-13-6-7-15-17(10-13)25-9-8-24-15)18(23)12-26-16-5-3-4-14(20)19(16)21/h3-7,10H,2,8-9,11-12H2,1H3. The van der Waals surface area contributed by atoms with Crippen LogP contribution in [-0.4, -0.2) is 37.2 Å². The first-order valence-corrected chi connectivity index (χ1v) is 9.07. The van der Waals surface area contributed by atoms with E-state index in [-0.39, 0.29) is 12.5 Å². The van der Waals surface area contributed by atoms with Crippen molar-refractivity contribution in [3.8, 4) is 17.2 Å². The highest BCUT2D eigenvalue weighted by molar-refractivity contribution is 6.42. The number of fused-ring (bicyclic) bond motifs is 1. The molecule has 1 amide bonds. The molecule has 0 aromatic heterocycles. The second kappa shape index (κ2) is 8.52. The molecule has 7 heteroatoms. The predicted molar refractivity (Wildman–Crippen MR) is 100 cm³/mol. The van der Waals surface area contributed by atoms with Crippen LogP contribution in [0.15, 0.2) is 36.4 Å². The van der Waals surface area contributed by atoms with Gasteiger partial charge in [0, 0.05) is 13.1 Å². The van der Waals surface area contributed by atoms with Crippen molar-refractivity contribution in [1.29, 1.82) is 0 Å². The van der Waals surface area contributed by atoms with Crippen molar-refractivity contribution < 1.29 is 19.0 Å². The van der Waals surface area contributed by atoms with Crippen molar-refractivity contribution in [2.45, 2.75) is 13.5 Å². The van der Waals surface area contributed by atoms with Gasteiger partial charge < -0.3 is 19.1 Å². The average molecular weight is 396 g/mol. The Labute approximate surface area is 162 Å². The molecule has 26 heavy (non-hydrogen) atoms. The number of rotatable bonds is 6. The number of hydrogen-bond donors (Lipinski definition) is 0. The Bertz CT molecular complexity index is 797. The molecule has 0 saturated carbocycles. The van der Waals surface area contributed by atoms with Crippen molar-refractivity contribution >= 4 is 29.1 Å². The maximum absolute atomic E-state index is 12.5. The van der Waals surface area contributed by atoms with E-state index in [1.54, 1.807) is 23.1 Å². The molecule has 1 heterocycles.